The van der Waals surface area contributed by atoms with Crippen LogP contribution in [0.2, 0.25) is 0 Å². The molecule has 1 rings (SSSR count). The van der Waals surface area contributed by atoms with Crippen LogP contribution < -0.4 is 0 Å². The summed E-state index contributed by atoms with van der Waals surface area (Å²) in [6.07, 6.45) is 0. The van der Waals surface area contributed by atoms with Crippen LogP contribution in [0.1, 0.15) is 17.5 Å². The van der Waals surface area contributed by atoms with Crippen molar-refractivity contribution < 1.29 is 0 Å². The Labute approximate surface area is 66.3 Å². The summed E-state index contributed by atoms with van der Waals surface area (Å²) in [5, 5.41) is 0. The van der Waals surface area contributed by atoms with Gasteiger partial charge < -0.3 is 0 Å². The highest BCUT2D eigenvalue weighted by Crippen LogP contribution is 1.90. The fourth-order valence-electron chi connectivity index (χ4n) is 0.777. The molecule has 0 spiro atoms. The van der Waals surface area contributed by atoms with Gasteiger partial charge in [-0.2, -0.15) is 0 Å². The van der Waals surface area contributed by atoms with E-state index in [2.05, 4.69) is 15.0 Å². The fourth-order valence-corrected chi connectivity index (χ4v) is 0.777. The van der Waals surface area contributed by atoms with Crippen LogP contribution in [0.4, 0.5) is 0 Å². The normalized spacial score (nSPS) is 8.70. The van der Waals surface area contributed by atoms with E-state index in [1.165, 1.54) is 0 Å². The zero-order valence-corrected chi connectivity index (χ0v) is 7.07. The number of aryl methyl sites for hydroxylation is 3. The standard InChI is InChI=1S/C6H9N3.ClH/c1-4-7-5(2)9-6(3)8-4;/h1-3H3;1H. The number of nitrogens with zero attached hydrogens (tertiary/aromatic N) is 3. The summed E-state index contributed by atoms with van der Waals surface area (Å²) in [6.45, 7) is 5.59. The topological polar surface area (TPSA) is 38.7 Å². The van der Waals surface area contributed by atoms with Crippen molar-refractivity contribution in [3.63, 3.8) is 0 Å². The lowest BCUT2D eigenvalue weighted by Crippen LogP contribution is -1.97. The molecule has 0 aliphatic heterocycles. The van der Waals surface area contributed by atoms with E-state index in [9.17, 15) is 0 Å². The van der Waals surface area contributed by atoms with Crippen LogP contribution in [0.5, 0.6) is 0 Å². The minimum atomic E-state index is 0. The maximum atomic E-state index is 4.01. The highest BCUT2D eigenvalue weighted by atomic mass is 35.5. The minimum Gasteiger partial charge on any atom is -0.219 e. The van der Waals surface area contributed by atoms with Gasteiger partial charge in [-0.1, -0.05) is 0 Å². The van der Waals surface area contributed by atoms with E-state index in [0.29, 0.717) is 0 Å². The van der Waals surface area contributed by atoms with Crippen molar-refractivity contribution in [1.29, 1.82) is 0 Å². The highest BCUT2D eigenvalue weighted by Gasteiger charge is 1.91. The van der Waals surface area contributed by atoms with E-state index in [4.69, 9.17) is 0 Å². The van der Waals surface area contributed by atoms with Gasteiger partial charge in [0.2, 0.25) is 0 Å². The average molecular weight is 160 g/mol. The Kier molecular flexibility index (Phi) is 3.22. The average Bonchev–Trinajstić information content (AvgIpc) is 1.59. The van der Waals surface area contributed by atoms with Crippen LogP contribution >= 0.6 is 12.4 Å². The Morgan fingerprint density at radius 3 is 1.10 bits per heavy atom. The first-order valence-corrected chi connectivity index (χ1v) is 2.84. The van der Waals surface area contributed by atoms with Crippen LogP contribution in [0, 0.1) is 20.8 Å². The smallest absolute Gasteiger partial charge is 0.129 e. The van der Waals surface area contributed by atoms with Crippen molar-refractivity contribution in [2.45, 2.75) is 20.8 Å². The monoisotopic (exact) mass is 159 g/mol. The van der Waals surface area contributed by atoms with Gasteiger partial charge in [0.15, 0.2) is 0 Å². The zero-order valence-electron chi connectivity index (χ0n) is 6.25. The molecule has 0 unspecified atom stereocenters. The first-order chi connectivity index (χ1) is 4.18. The third-order valence-electron chi connectivity index (χ3n) is 0.971. The maximum Gasteiger partial charge on any atom is 0.129 e. The van der Waals surface area contributed by atoms with Gasteiger partial charge in [0.05, 0.1) is 0 Å². The first-order valence-electron chi connectivity index (χ1n) is 2.84. The van der Waals surface area contributed by atoms with Gasteiger partial charge >= 0.3 is 0 Å². The summed E-state index contributed by atoms with van der Waals surface area (Å²) < 4.78 is 0. The van der Waals surface area contributed by atoms with Crippen LogP contribution in [0.25, 0.3) is 0 Å². The Morgan fingerprint density at radius 2 is 0.900 bits per heavy atom. The molecule has 0 radical (unpaired) electrons. The van der Waals surface area contributed by atoms with Gasteiger partial charge in [0, 0.05) is 0 Å². The lowest BCUT2D eigenvalue weighted by Gasteiger charge is -1.94. The summed E-state index contributed by atoms with van der Waals surface area (Å²) in [6, 6.07) is 0. The number of hydrogen-bond acceptors (Lipinski definition) is 3. The van der Waals surface area contributed by atoms with Gasteiger partial charge in [0.25, 0.3) is 0 Å². The van der Waals surface area contributed by atoms with Crippen LogP contribution in [0.15, 0.2) is 0 Å². The fraction of sp³-hybridized carbons (Fsp3) is 0.500. The maximum absolute atomic E-state index is 4.01. The Morgan fingerprint density at radius 1 is 0.700 bits per heavy atom. The lowest BCUT2D eigenvalue weighted by atomic mass is 10.6. The number of halogens is 1. The third-order valence-corrected chi connectivity index (χ3v) is 0.971. The number of aromatic nitrogens is 3. The van der Waals surface area contributed by atoms with Crippen molar-refractivity contribution in [2.75, 3.05) is 0 Å². The molecular formula is C6H10ClN3. The molecule has 3 nitrogen and oxygen atoms in total. The largest absolute Gasteiger partial charge is 0.219 e. The van der Waals surface area contributed by atoms with Gasteiger partial charge in [-0.3, -0.25) is 0 Å². The molecule has 0 saturated heterocycles. The van der Waals surface area contributed by atoms with Crippen molar-refractivity contribution in [3.8, 4) is 0 Å². The Bertz CT molecular complexity index is 174. The van der Waals surface area contributed by atoms with Crippen LogP contribution in [-0.4, -0.2) is 15.0 Å². The second-order valence-electron chi connectivity index (χ2n) is 1.98. The molecule has 1 heterocycles. The summed E-state index contributed by atoms with van der Waals surface area (Å²) >= 11 is 0. The molecule has 0 amide bonds. The summed E-state index contributed by atoms with van der Waals surface area (Å²) in [4.78, 5) is 12.0. The van der Waals surface area contributed by atoms with Gasteiger partial charge in [-0.25, -0.2) is 15.0 Å². The summed E-state index contributed by atoms with van der Waals surface area (Å²) in [5.41, 5.74) is 0. The van der Waals surface area contributed by atoms with E-state index >= 15 is 0 Å². The predicted octanol–water partition coefficient (Wildman–Crippen LogP) is 1.22. The second kappa shape index (κ2) is 3.46. The highest BCUT2D eigenvalue weighted by molar-refractivity contribution is 5.85. The SMILES string of the molecule is Cc1nc(C)nc(C)n1.Cl. The predicted molar refractivity (Wildman–Crippen MR) is 41.3 cm³/mol. The molecule has 0 aromatic carbocycles. The van der Waals surface area contributed by atoms with Crippen molar-refractivity contribution >= 4 is 12.4 Å². The summed E-state index contributed by atoms with van der Waals surface area (Å²) in [7, 11) is 0. The lowest BCUT2D eigenvalue weighted by molar-refractivity contribution is 0.875. The molecule has 10 heavy (non-hydrogen) atoms. The molecule has 56 valence electrons. The molecule has 1 aromatic heterocycles. The van der Waals surface area contributed by atoms with Gasteiger partial charge in [-0.05, 0) is 20.8 Å². The molecule has 0 N–H and O–H groups in total. The van der Waals surface area contributed by atoms with E-state index in [1.807, 2.05) is 20.8 Å². The number of rotatable bonds is 0. The van der Waals surface area contributed by atoms with E-state index in [-0.39, 0.29) is 12.4 Å². The van der Waals surface area contributed by atoms with Gasteiger partial charge in [-0.15, -0.1) is 12.4 Å². The van der Waals surface area contributed by atoms with Crippen LogP contribution in [0.3, 0.4) is 0 Å². The zero-order chi connectivity index (χ0) is 6.85. The van der Waals surface area contributed by atoms with E-state index < -0.39 is 0 Å². The van der Waals surface area contributed by atoms with Crippen LogP contribution in [-0.2, 0) is 0 Å². The molecule has 0 fully saturated rings. The molecule has 4 heteroatoms. The summed E-state index contributed by atoms with van der Waals surface area (Å²) in [5.74, 6) is 2.38. The molecule has 1 aromatic rings. The second-order valence-corrected chi connectivity index (χ2v) is 1.98. The third kappa shape index (κ3) is 2.27. The van der Waals surface area contributed by atoms with Crippen molar-refractivity contribution in [2.24, 2.45) is 0 Å². The number of hydrogen-bond donors (Lipinski definition) is 0. The van der Waals surface area contributed by atoms with Crippen molar-refractivity contribution in [1.82, 2.24) is 15.0 Å². The molecular weight excluding hydrogens is 150 g/mol. The first kappa shape index (κ1) is 9.30. The van der Waals surface area contributed by atoms with Gasteiger partial charge in [0.1, 0.15) is 17.5 Å². The minimum absolute atomic E-state index is 0. The molecule has 0 aliphatic rings. The quantitative estimate of drug-likeness (QED) is 0.572. The molecule has 0 bridgehead atoms. The Hall–Kier alpha value is -0.700. The van der Waals surface area contributed by atoms with E-state index in [1.54, 1.807) is 0 Å². The van der Waals surface area contributed by atoms with Crippen molar-refractivity contribution in [3.05, 3.63) is 17.5 Å². The molecule has 0 aliphatic carbocycles. The molecule has 0 saturated carbocycles. The Balaban J connectivity index is 0.000000810. The molecule has 0 atom stereocenters. The van der Waals surface area contributed by atoms with E-state index in [0.717, 1.165) is 17.5 Å².